The second-order valence-corrected chi connectivity index (χ2v) is 6.85. The summed E-state index contributed by atoms with van der Waals surface area (Å²) in [6, 6.07) is 6.87. The van der Waals surface area contributed by atoms with Gasteiger partial charge in [0.05, 0.1) is 11.8 Å². The Kier molecular flexibility index (Phi) is 7.38. The minimum atomic E-state index is -0.481. The van der Waals surface area contributed by atoms with Gasteiger partial charge in [0.25, 0.3) is 0 Å². The summed E-state index contributed by atoms with van der Waals surface area (Å²) < 4.78 is 13.7. The maximum absolute atomic E-state index is 13.7. The number of hydrogen-bond acceptors (Lipinski definition) is 3. The number of allylic oxidation sites excluding steroid dienone is 4. The fourth-order valence-electron chi connectivity index (χ4n) is 3.44. The van der Waals surface area contributed by atoms with Gasteiger partial charge in [0.2, 0.25) is 0 Å². The zero-order valence-corrected chi connectivity index (χ0v) is 15.0. The van der Waals surface area contributed by atoms with Gasteiger partial charge < -0.3 is 10.3 Å². The molecule has 0 saturated heterocycles. The molecule has 1 fully saturated rings. The highest BCUT2D eigenvalue weighted by molar-refractivity contribution is 5.90. The molecule has 0 heterocycles. The van der Waals surface area contributed by atoms with Gasteiger partial charge in [0.15, 0.2) is 0 Å². The lowest BCUT2D eigenvalue weighted by atomic mass is 9.89. The van der Waals surface area contributed by atoms with E-state index in [1.165, 1.54) is 6.07 Å². The van der Waals surface area contributed by atoms with E-state index in [4.69, 9.17) is 0 Å². The van der Waals surface area contributed by atoms with E-state index in [1.807, 2.05) is 37.3 Å². The normalized spacial score (nSPS) is 26.9. The van der Waals surface area contributed by atoms with Crippen molar-refractivity contribution in [3.05, 3.63) is 60.0 Å². The van der Waals surface area contributed by atoms with Crippen molar-refractivity contribution < 1.29 is 14.7 Å². The van der Waals surface area contributed by atoms with Crippen LogP contribution in [0.5, 0.6) is 0 Å². The van der Waals surface area contributed by atoms with Gasteiger partial charge in [-0.05, 0) is 43.7 Å². The summed E-state index contributed by atoms with van der Waals surface area (Å²) in [6.45, 7) is 4.05. The fraction of sp³-hybridized carbons (Fsp3) is 0.476. The first-order chi connectivity index (χ1) is 12.1. The molecule has 3 nitrogen and oxygen atoms in total. The van der Waals surface area contributed by atoms with Crippen molar-refractivity contribution in [2.75, 3.05) is 0 Å². The molecule has 0 aromatic heterocycles. The van der Waals surface area contributed by atoms with Gasteiger partial charge in [0.1, 0.15) is 5.82 Å². The Hall–Kier alpha value is -1.94. The summed E-state index contributed by atoms with van der Waals surface area (Å²) in [5, 5.41) is 22.9. The van der Waals surface area contributed by atoms with Crippen LogP contribution in [0.3, 0.4) is 0 Å². The number of hydrogen-bond donors (Lipinski definition) is 2. The number of nitrogens with zero attached hydrogens (tertiary/aromatic N) is 1. The number of aliphatic hydroxyl groups excluding tert-OH is 1. The summed E-state index contributed by atoms with van der Waals surface area (Å²) in [5.41, 5.74) is 1.38. The molecule has 1 aromatic carbocycles. The average molecular weight is 345 g/mol. The molecule has 4 heteroatoms. The quantitative estimate of drug-likeness (QED) is 0.426. The molecule has 1 aliphatic rings. The Morgan fingerprint density at radius 2 is 2.12 bits per heavy atom. The molecule has 1 aromatic rings. The third-order valence-electron chi connectivity index (χ3n) is 5.00. The van der Waals surface area contributed by atoms with Crippen LogP contribution >= 0.6 is 0 Å². The van der Waals surface area contributed by atoms with Gasteiger partial charge in [-0.25, -0.2) is 4.39 Å². The van der Waals surface area contributed by atoms with Crippen LogP contribution < -0.4 is 0 Å². The maximum atomic E-state index is 13.7. The minimum absolute atomic E-state index is 0.0390. The highest BCUT2D eigenvalue weighted by atomic mass is 19.1. The van der Waals surface area contributed by atoms with Crippen LogP contribution in [0.25, 0.3) is 0 Å². The first-order valence-electron chi connectivity index (χ1n) is 8.98. The van der Waals surface area contributed by atoms with E-state index in [2.05, 4.69) is 18.2 Å². The molecule has 0 spiro atoms. The molecule has 1 aliphatic carbocycles. The Balaban J connectivity index is 1.98. The van der Waals surface area contributed by atoms with Crippen molar-refractivity contribution in [1.82, 2.24) is 0 Å². The summed E-state index contributed by atoms with van der Waals surface area (Å²) in [6.07, 6.45) is 10.4. The smallest absolute Gasteiger partial charge is 0.126 e. The summed E-state index contributed by atoms with van der Waals surface area (Å²) in [7, 11) is 0. The van der Waals surface area contributed by atoms with Crippen LogP contribution in [0.2, 0.25) is 0 Å². The van der Waals surface area contributed by atoms with E-state index in [-0.39, 0.29) is 23.6 Å². The third kappa shape index (κ3) is 5.27. The first kappa shape index (κ1) is 19.4. The molecule has 25 heavy (non-hydrogen) atoms. The van der Waals surface area contributed by atoms with Gasteiger partial charge >= 0.3 is 0 Å². The van der Waals surface area contributed by atoms with E-state index in [9.17, 15) is 14.7 Å². The highest BCUT2D eigenvalue weighted by Gasteiger charge is 2.38. The first-order valence-corrected chi connectivity index (χ1v) is 8.98. The van der Waals surface area contributed by atoms with Crippen LogP contribution in [0, 0.1) is 23.6 Å². The topological polar surface area (TPSA) is 52.8 Å². The number of halogens is 1. The predicted octanol–water partition coefficient (Wildman–Crippen LogP) is 4.74. The van der Waals surface area contributed by atoms with Crippen LogP contribution in [-0.2, 0) is 6.42 Å². The van der Waals surface area contributed by atoms with E-state index in [1.54, 1.807) is 6.07 Å². The van der Waals surface area contributed by atoms with Crippen molar-refractivity contribution in [2.24, 2.45) is 22.9 Å². The zero-order chi connectivity index (χ0) is 18.2. The van der Waals surface area contributed by atoms with Crippen molar-refractivity contribution in [3.8, 4) is 0 Å². The lowest BCUT2D eigenvalue weighted by Crippen LogP contribution is -2.18. The van der Waals surface area contributed by atoms with Crippen LogP contribution in [-0.4, -0.2) is 22.1 Å². The zero-order valence-electron chi connectivity index (χ0n) is 15.0. The standard InChI is InChI=1S/C21H28FNO2/c1-3-4-8-18-17(20(23-25)14-21(18)24)13-11-15(2)10-12-16-7-5-6-9-19(16)22/h3-7,9,11,13,15,17-18,21,24-25H,8,10,12,14H2,1-2H3/b4-3-,13-11+,23-20-/t15?,17-,18-,21+/m1/s1. The molecular formula is C21H28FNO2. The largest absolute Gasteiger partial charge is 0.411 e. The molecule has 0 aliphatic heterocycles. The molecule has 4 atom stereocenters. The van der Waals surface area contributed by atoms with Gasteiger partial charge in [-0.2, -0.15) is 0 Å². The number of aryl methyl sites for hydroxylation is 1. The monoisotopic (exact) mass is 345 g/mol. The van der Waals surface area contributed by atoms with Crippen molar-refractivity contribution in [1.29, 1.82) is 0 Å². The summed E-state index contributed by atoms with van der Waals surface area (Å²) >= 11 is 0. The Bertz CT molecular complexity index is 639. The van der Waals surface area contributed by atoms with Gasteiger partial charge in [-0.1, -0.05) is 54.6 Å². The van der Waals surface area contributed by atoms with Crippen molar-refractivity contribution >= 4 is 5.71 Å². The second kappa shape index (κ2) is 9.52. The highest BCUT2D eigenvalue weighted by Crippen LogP contribution is 2.34. The molecular weight excluding hydrogens is 317 g/mol. The fourth-order valence-corrected chi connectivity index (χ4v) is 3.44. The Morgan fingerprint density at radius 3 is 2.80 bits per heavy atom. The van der Waals surface area contributed by atoms with Crippen LogP contribution in [0.15, 0.2) is 53.7 Å². The number of aliphatic hydroxyl groups is 1. The van der Waals surface area contributed by atoms with E-state index < -0.39 is 6.10 Å². The number of rotatable bonds is 7. The Labute approximate surface area is 149 Å². The molecule has 1 unspecified atom stereocenters. The number of benzene rings is 1. The van der Waals surface area contributed by atoms with E-state index >= 15 is 0 Å². The van der Waals surface area contributed by atoms with Crippen molar-refractivity contribution in [3.63, 3.8) is 0 Å². The number of oxime groups is 1. The molecule has 1 saturated carbocycles. The lowest BCUT2D eigenvalue weighted by Gasteiger charge is -2.18. The molecule has 136 valence electrons. The SMILES string of the molecule is C/C=C\C[C@H]1[C@@H](O)C/C(=N/O)[C@@H]1/C=C/C(C)CCc1ccccc1F. The predicted molar refractivity (Wildman–Crippen MR) is 99.3 cm³/mol. The average Bonchev–Trinajstić information content (AvgIpc) is 2.92. The minimum Gasteiger partial charge on any atom is -0.411 e. The van der Waals surface area contributed by atoms with Crippen LogP contribution in [0.4, 0.5) is 4.39 Å². The van der Waals surface area contributed by atoms with Gasteiger partial charge in [-0.15, -0.1) is 0 Å². The molecule has 0 amide bonds. The third-order valence-corrected chi connectivity index (χ3v) is 5.00. The lowest BCUT2D eigenvalue weighted by molar-refractivity contribution is 0.125. The van der Waals surface area contributed by atoms with Gasteiger partial charge in [-0.3, -0.25) is 0 Å². The van der Waals surface area contributed by atoms with Crippen molar-refractivity contribution in [2.45, 2.75) is 45.6 Å². The van der Waals surface area contributed by atoms with Crippen LogP contribution in [0.1, 0.15) is 38.7 Å². The molecule has 0 bridgehead atoms. The summed E-state index contributed by atoms with van der Waals surface area (Å²) in [4.78, 5) is 0. The second-order valence-electron chi connectivity index (χ2n) is 6.85. The maximum Gasteiger partial charge on any atom is 0.126 e. The van der Waals surface area contributed by atoms with Gasteiger partial charge in [0, 0.05) is 18.3 Å². The molecule has 0 radical (unpaired) electrons. The summed E-state index contributed by atoms with van der Waals surface area (Å²) in [5.74, 6) is 0.114. The molecule has 2 rings (SSSR count). The molecule has 2 N–H and O–H groups in total. The van der Waals surface area contributed by atoms with E-state index in [0.29, 0.717) is 18.6 Å². The van der Waals surface area contributed by atoms with E-state index in [0.717, 1.165) is 18.4 Å². The Morgan fingerprint density at radius 1 is 1.36 bits per heavy atom.